The molecule has 0 aromatic heterocycles. The lowest BCUT2D eigenvalue weighted by molar-refractivity contribution is -0.149. The van der Waals surface area contributed by atoms with Crippen LogP contribution in [0.1, 0.15) is 50.8 Å². The number of carboxylic acids is 1. The summed E-state index contributed by atoms with van der Waals surface area (Å²) in [6.45, 7) is 7.65. The van der Waals surface area contributed by atoms with Gasteiger partial charge in [-0.2, -0.15) is 10.5 Å². The van der Waals surface area contributed by atoms with Crippen LogP contribution in [0, 0.1) is 56.7 Å². The summed E-state index contributed by atoms with van der Waals surface area (Å²) in [5, 5.41) is 29.6. The van der Waals surface area contributed by atoms with Gasteiger partial charge in [-0.15, -0.1) is 0 Å². The first kappa shape index (κ1) is 42.6. The van der Waals surface area contributed by atoms with E-state index in [9.17, 15) is 25.2 Å². The Labute approximate surface area is 353 Å². The maximum absolute atomic E-state index is 12.6. The van der Waals surface area contributed by atoms with E-state index in [2.05, 4.69) is 37.9 Å². The van der Waals surface area contributed by atoms with Crippen LogP contribution in [0.2, 0.25) is 0 Å². The molecule has 1 unspecified atom stereocenters. The van der Waals surface area contributed by atoms with Gasteiger partial charge in [0, 0.05) is 11.5 Å². The molecule has 1 N–H and O–H groups in total. The predicted octanol–water partition coefficient (Wildman–Crippen LogP) is 12.6. The Balaban J connectivity index is 0.000000214. The van der Waals surface area contributed by atoms with Gasteiger partial charge in [0.1, 0.15) is 39.0 Å². The minimum absolute atomic E-state index is 0.114. The van der Waals surface area contributed by atoms with E-state index in [1.807, 2.05) is 101 Å². The molecule has 2 saturated carbocycles. The van der Waals surface area contributed by atoms with Crippen molar-refractivity contribution in [2.24, 2.45) is 34.0 Å². The molecule has 2 aliphatic rings. The van der Waals surface area contributed by atoms with Crippen LogP contribution in [0.25, 0.3) is 0 Å². The molecule has 2 aliphatic carbocycles. The van der Waals surface area contributed by atoms with Gasteiger partial charge >= 0.3 is 11.9 Å². The molecule has 12 heteroatoms. The Hall–Kier alpha value is -4.58. The van der Waals surface area contributed by atoms with Crippen LogP contribution in [-0.4, -0.2) is 17.0 Å². The Kier molecular flexibility index (Phi) is 13.4. The minimum atomic E-state index is -1.22. The SMILES string of the molecule is CC1(C)[C@@H](C=C(Br)Br)[C@]1(C(=O)O)[C@H](C#N)c1cccc(Oc2ccccc2)c1.CC1(C)[C@H](C(=O)OC(C#N)c2cccc(Oc3ccccc3)c2)[C@@H]1C=C(Cl)Cl. The molecule has 0 bridgehead atoms. The van der Waals surface area contributed by atoms with Crippen LogP contribution in [0.15, 0.2) is 129 Å². The van der Waals surface area contributed by atoms with Crippen LogP contribution >= 0.6 is 55.1 Å². The minimum Gasteiger partial charge on any atom is -0.481 e. The third-order valence-corrected chi connectivity index (χ3v) is 11.4. The molecule has 4 aromatic rings. The first-order valence-corrected chi connectivity index (χ1v) is 19.9. The molecule has 0 aliphatic heterocycles. The highest BCUT2D eigenvalue weighted by Crippen LogP contribution is 2.75. The molecular formula is C44H38Br2Cl2N2O6. The number of halogens is 4. The van der Waals surface area contributed by atoms with Gasteiger partial charge < -0.3 is 19.3 Å². The lowest BCUT2D eigenvalue weighted by Crippen LogP contribution is -2.28. The number of nitriles is 2. The van der Waals surface area contributed by atoms with Crippen molar-refractivity contribution in [2.45, 2.75) is 39.7 Å². The lowest BCUT2D eigenvalue weighted by Gasteiger charge is -2.22. The van der Waals surface area contributed by atoms with E-state index in [-0.39, 0.29) is 27.7 Å². The van der Waals surface area contributed by atoms with Crippen molar-refractivity contribution in [2.75, 3.05) is 0 Å². The number of rotatable bonds is 12. The zero-order chi connectivity index (χ0) is 40.8. The van der Waals surface area contributed by atoms with E-state index in [1.165, 1.54) is 0 Å². The molecule has 6 rings (SSSR count). The summed E-state index contributed by atoms with van der Waals surface area (Å²) in [6, 6.07) is 37.0. The number of esters is 1. The number of benzene rings is 4. The third kappa shape index (κ3) is 9.17. The summed E-state index contributed by atoms with van der Waals surface area (Å²) in [5.74, 6) is -0.554. The Morgan fingerprint density at radius 2 is 1.25 bits per heavy atom. The smallest absolute Gasteiger partial charge is 0.312 e. The zero-order valence-corrected chi connectivity index (χ0v) is 35.5. The first-order chi connectivity index (χ1) is 26.6. The monoisotopic (exact) mass is 918 g/mol. The second kappa shape index (κ2) is 17.7. The normalized spacial score (nSPS) is 21.8. The van der Waals surface area contributed by atoms with E-state index in [0.717, 1.165) is 0 Å². The predicted molar refractivity (Wildman–Crippen MR) is 223 cm³/mol. The van der Waals surface area contributed by atoms with Crippen molar-refractivity contribution >= 4 is 67.0 Å². The Morgan fingerprint density at radius 3 is 1.71 bits per heavy atom. The fraction of sp³-hybridized carbons (Fsp3) is 0.273. The Bertz CT molecular complexity index is 2210. The van der Waals surface area contributed by atoms with E-state index in [4.69, 9.17) is 37.4 Å². The summed E-state index contributed by atoms with van der Waals surface area (Å²) in [6.07, 6.45) is 2.44. The summed E-state index contributed by atoms with van der Waals surface area (Å²) in [4.78, 5) is 25.0. The standard InChI is InChI=1S/C22H19Br2NO3.C22H19Cl2NO3/c1-21(2)18(12-19(23)24)22(21,20(26)27)17(13-25)14-7-6-10-16(11-14)28-15-8-4-3-5-9-15;1-22(2)17(12-19(23)24)20(22)21(26)28-18(13-25)14-7-6-10-16(11-14)27-15-8-4-3-5-9-15/h3-12,17-18H,1-2H3,(H,26,27);3-12,17-18,20H,1-2H3/t17-,18-,22+;17-,18?,20-/m10/s1. The number of nitrogens with zero attached hydrogens (tertiary/aromatic N) is 2. The molecule has 0 heterocycles. The molecule has 0 radical (unpaired) electrons. The number of para-hydroxylation sites is 2. The van der Waals surface area contributed by atoms with Crippen LogP contribution in [0.3, 0.4) is 0 Å². The summed E-state index contributed by atoms with van der Waals surface area (Å²) >= 11 is 18.1. The number of aliphatic carboxylic acids is 1. The molecular weight excluding hydrogens is 883 g/mol. The highest BCUT2D eigenvalue weighted by Gasteiger charge is 2.78. The summed E-state index contributed by atoms with van der Waals surface area (Å²) < 4.78 is 17.9. The van der Waals surface area contributed by atoms with Crippen LogP contribution in [0.4, 0.5) is 0 Å². The van der Waals surface area contributed by atoms with E-state index in [0.29, 0.717) is 37.5 Å². The number of hydrogen-bond donors (Lipinski definition) is 1. The van der Waals surface area contributed by atoms with Crippen LogP contribution < -0.4 is 9.47 Å². The van der Waals surface area contributed by atoms with E-state index < -0.39 is 34.8 Å². The van der Waals surface area contributed by atoms with Gasteiger partial charge in [-0.25, -0.2) is 0 Å². The van der Waals surface area contributed by atoms with Gasteiger partial charge in [-0.3, -0.25) is 9.59 Å². The topological polar surface area (TPSA) is 130 Å². The molecule has 4 aromatic carbocycles. The quantitative estimate of drug-likeness (QED) is 0.139. The van der Waals surface area contributed by atoms with Gasteiger partial charge in [0.15, 0.2) is 0 Å². The van der Waals surface area contributed by atoms with Gasteiger partial charge in [0.25, 0.3) is 0 Å². The maximum Gasteiger partial charge on any atom is 0.312 e. The van der Waals surface area contributed by atoms with Crippen molar-refractivity contribution in [3.63, 3.8) is 0 Å². The lowest BCUT2D eigenvalue weighted by atomic mass is 9.78. The van der Waals surface area contributed by atoms with E-state index in [1.54, 1.807) is 54.6 Å². The number of hydrogen-bond acceptors (Lipinski definition) is 7. The fourth-order valence-electron chi connectivity index (χ4n) is 7.51. The average molecular weight is 922 g/mol. The molecule has 0 spiro atoms. The number of carbonyl (C=O) groups is 2. The van der Waals surface area contributed by atoms with E-state index >= 15 is 0 Å². The largest absolute Gasteiger partial charge is 0.481 e. The van der Waals surface area contributed by atoms with Gasteiger partial charge in [-0.1, -0.05) is 118 Å². The van der Waals surface area contributed by atoms with Gasteiger partial charge in [0.05, 0.1) is 21.3 Å². The number of carboxylic acid groups (broad SMARTS) is 1. The van der Waals surface area contributed by atoms with Crippen LogP contribution in [0.5, 0.6) is 23.0 Å². The fourth-order valence-corrected chi connectivity index (χ4v) is 8.31. The van der Waals surface area contributed by atoms with Gasteiger partial charge in [-0.05, 0) is 109 Å². The Morgan fingerprint density at radius 1 is 0.750 bits per heavy atom. The number of carbonyl (C=O) groups excluding carboxylic acids is 1. The molecule has 0 saturated heterocycles. The number of allylic oxidation sites excluding steroid dienone is 2. The zero-order valence-electron chi connectivity index (χ0n) is 30.8. The highest BCUT2D eigenvalue weighted by atomic mass is 79.9. The maximum atomic E-state index is 12.6. The van der Waals surface area contributed by atoms with Crippen molar-refractivity contribution < 1.29 is 28.9 Å². The third-order valence-electron chi connectivity index (χ3n) is 10.6. The molecule has 0 amide bonds. The summed E-state index contributed by atoms with van der Waals surface area (Å²) in [7, 11) is 0. The highest BCUT2D eigenvalue weighted by molar-refractivity contribution is 9.28. The van der Waals surface area contributed by atoms with Crippen molar-refractivity contribution in [3.8, 4) is 35.1 Å². The second-order valence-corrected chi connectivity index (χ2v) is 18.4. The average Bonchev–Trinajstić information content (AvgIpc) is 3.89. The second-order valence-electron chi connectivity index (χ2n) is 14.6. The molecule has 8 nitrogen and oxygen atoms in total. The first-order valence-electron chi connectivity index (χ1n) is 17.5. The van der Waals surface area contributed by atoms with Crippen molar-refractivity contribution in [3.05, 3.63) is 140 Å². The van der Waals surface area contributed by atoms with Crippen molar-refractivity contribution in [1.82, 2.24) is 0 Å². The molecule has 288 valence electrons. The molecule has 56 heavy (non-hydrogen) atoms. The summed E-state index contributed by atoms with van der Waals surface area (Å²) in [5.41, 5.74) is -0.940. The van der Waals surface area contributed by atoms with Crippen LogP contribution in [-0.2, 0) is 14.3 Å². The van der Waals surface area contributed by atoms with Crippen molar-refractivity contribution in [1.29, 1.82) is 10.5 Å². The molecule has 6 atom stereocenters. The molecule has 2 fully saturated rings. The van der Waals surface area contributed by atoms with Gasteiger partial charge in [0.2, 0.25) is 6.10 Å². The number of ether oxygens (including phenoxy) is 3.